The lowest BCUT2D eigenvalue weighted by molar-refractivity contribution is -0.0554. The first kappa shape index (κ1) is 17.8. The van der Waals surface area contributed by atoms with Crippen molar-refractivity contribution in [2.75, 3.05) is 12.3 Å². The summed E-state index contributed by atoms with van der Waals surface area (Å²) < 4.78 is 6.04. The average molecular weight is 325 g/mol. The Morgan fingerprint density at radius 2 is 1.95 bits per heavy atom. The number of rotatable bonds is 2. The maximum atomic E-state index is 11.5. The summed E-state index contributed by atoms with van der Waals surface area (Å²) in [6, 6.07) is 0. The third kappa shape index (κ3) is 4.62. The van der Waals surface area contributed by atoms with Crippen molar-refractivity contribution in [1.82, 2.24) is 14.5 Å². The molecular formula is C8H16N5O7P. The standard InChI is InChI=1S/C8H12N4O5.H4NO2P/c9-7-10-2-12(8(16)11-7)6-5(15)4(14)3(1-13)17-6;1-4(2)3/h2-6,13-15H,1H2,(H2,9,11,16);2-3H,1H2/t3-,4-,5-,6-;/m1./s1. The molecular weight excluding hydrogens is 309 g/mol. The van der Waals surface area contributed by atoms with Crippen LogP contribution in [0.25, 0.3) is 0 Å². The Kier molecular flexibility index (Phi) is 6.51. The van der Waals surface area contributed by atoms with Gasteiger partial charge in [-0.2, -0.15) is 4.98 Å². The molecule has 21 heavy (non-hydrogen) atoms. The number of nitrogens with two attached hydrogens (primary N) is 2. The lowest BCUT2D eigenvalue weighted by Crippen LogP contribution is -2.36. The molecule has 1 fully saturated rings. The lowest BCUT2D eigenvalue weighted by atomic mass is 10.1. The summed E-state index contributed by atoms with van der Waals surface area (Å²) in [7, 11) is -2.12. The van der Waals surface area contributed by atoms with Crippen molar-refractivity contribution in [3.05, 3.63) is 16.8 Å². The zero-order valence-corrected chi connectivity index (χ0v) is 11.5. The number of aliphatic hydroxyl groups is 3. The average Bonchev–Trinajstić information content (AvgIpc) is 2.66. The van der Waals surface area contributed by atoms with Crippen LogP contribution in [0.15, 0.2) is 11.1 Å². The monoisotopic (exact) mass is 325 g/mol. The predicted molar refractivity (Wildman–Crippen MR) is 69.3 cm³/mol. The van der Waals surface area contributed by atoms with Gasteiger partial charge in [-0.05, 0) is 0 Å². The Hall–Kier alpha value is -1.24. The molecule has 0 amide bonds. The fourth-order valence-electron chi connectivity index (χ4n) is 1.64. The summed E-state index contributed by atoms with van der Waals surface area (Å²) in [5.74, 6) is -0.196. The molecule has 0 radical (unpaired) electrons. The minimum absolute atomic E-state index is 0.196. The summed E-state index contributed by atoms with van der Waals surface area (Å²) in [6.45, 7) is -0.473. The Morgan fingerprint density at radius 1 is 1.38 bits per heavy atom. The van der Waals surface area contributed by atoms with Gasteiger partial charge in [0.1, 0.15) is 24.6 Å². The molecule has 1 aromatic heterocycles. The van der Waals surface area contributed by atoms with Gasteiger partial charge in [-0.25, -0.2) is 9.78 Å². The summed E-state index contributed by atoms with van der Waals surface area (Å²) >= 11 is 0. The first-order valence-corrected chi connectivity index (χ1v) is 6.85. The Labute approximate surface area is 119 Å². The molecule has 1 saturated heterocycles. The molecule has 2 heterocycles. The van der Waals surface area contributed by atoms with Crippen LogP contribution < -0.4 is 16.9 Å². The third-order valence-corrected chi connectivity index (χ3v) is 2.54. The van der Waals surface area contributed by atoms with E-state index in [9.17, 15) is 15.0 Å². The molecule has 9 N–H and O–H groups in total. The number of aromatic nitrogens is 3. The van der Waals surface area contributed by atoms with Gasteiger partial charge in [0.25, 0.3) is 0 Å². The van der Waals surface area contributed by atoms with Gasteiger partial charge in [0.15, 0.2) is 6.23 Å². The molecule has 1 aliphatic rings. The maximum absolute atomic E-state index is 11.5. The van der Waals surface area contributed by atoms with Crippen molar-refractivity contribution in [3.8, 4) is 0 Å². The Morgan fingerprint density at radius 3 is 2.38 bits per heavy atom. The minimum Gasteiger partial charge on any atom is -0.394 e. The second-order valence-electron chi connectivity index (χ2n) is 3.95. The van der Waals surface area contributed by atoms with Gasteiger partial charge < -0.3 is 35.6 Å². The highest BCUT2D eigenvalue weighted by atomic mass is 31.2. The van der Waals surface area contributed by atoms with E-state index in [1.807, 2.05) is 0 Å². The second kappa shape index (κ2) is 7.68. The Bertz CT molecular complexity index is 511. The van der Waals surface area contributed by atoms with Crippen LogP contribution in [-0.2, 0) is 4.74 Å². The summed E-state index contributed by atoms with van der Waals surface area (Å²) in [5.41, 5.74) is 8.74. The van der Waals surface area contributed by atoms with Crippen LogP contribution in [-0.4, -0.2) is 64.6 Å². The minimum atomic E-state index is -2.12. The van der Waals surface area contributed by atoms with Crippen LogP contribution in [0, 0.1) is 0 Å². The second-order valence-corrected chi connectivity index (χ2v) is 4.59. The van der Waals surface area contributed by atoms with Crippen molar-refractivity contribution in [2.24, 2.45) is 5.50 Å². The van der Waals surface area contributed by atoms with Crippen LogP contribution in [0.2, 0.25) is 0 Å². The number of hydrogen-bond acceptors (Lipinski definition) is 11. The highest BCUT2D eigenvalue weighted by Crippen LogP contribution is 2.27. The van der Waals surface area contributed by atoms with Crippen LogP contribution in [0.3, 0.4) is 0 Å². The molecule has 13 heteroatoms. The fraction of sp³-hybridized carbons (Fsp3) is 0.625. The van der Waals surface area contributed by atoms with Gasteiger partial charge in [-0.3, -0.25) is 10.1 Å². The molecule has 4 atom stereocenters. The number of nitrogens with zero attached hydrogens (tertiary/aromatic N) is 3. The van der Waals surface area contributed by atoms with E-state index in [1.165, 1.54) is 0 Å². The SMILES string of the molecule is NP(O)O.Nc1ncn([C@@H]2O[C@H](CO)[C@@H](O)[C@H]2O)c(=O)n1. The van der Waals surface area contributed by atoms with Crippen molar-refractivity contribution in [1.29, 1.82) is 0 Å². The van der Waals surface area contributed by atoms with Crippen molar-refractivity contribution in [3.63, 3.8) is 0 Å². The lowest BCUT2D eigenvalue weighted by Gasteiger charge is -2.16. The van der Waals surface area contributed by atoms with Gasteiger partial charge >= 0.3 is 5.69 Å². The first-order valence-electron chi connectivity index (χ1n) is 5.53. The van der Waals surface area contributed by atoms with Crippen molar-refractivity contribution >= 4 is 14.5 Å². The Balaban J connectivity index is 0.000000491. The summed E-state index contributed by atoms with van der Waals surface area (Å²) in [4.78, 5) is 33.3. The third-order valence-electron chi connectivity index (χ3n) is 2.54. The smallest absolute Gasteiger partial charge is 0.354 e. The van der Waals surface area contributed by atoms with Gasteiger partial charge in [-0.15, -0.1) is 0 Å². The van der Waals surface area contributed by atoms with E-state index in [-0.39, 0.29) is 5.95 Å². The van der Waals surface area contributed by atoms with Gasteiger partial charge in [0.2, 0.25) is 14.5 Å². The highest BCUT2D eigenvalue weighted by molar-refractivity contribution is 7.42. The number of nitrogen functional groups attached to an aromatic ring is 1. The van der Waals surface area contributed by atoms with Crippen LogP contribution in [0.4, 0.5) is 5.95 Å². The van der Waals surface area contributed by atoms with E-state index < -0.39 is 45.4 Å². The fourth-order valence-corrected chi connectivity index (χ4v) is 1.64. The van der Waals surface area contributed by atoms with E-state index in [4.69, 9.17) is 25.4 Å². The quantitative estimate of drug-likeness (QED) is 0.260. The van der Waals surface area contributed by atoms with Crippen LogP contribution in [0.5, 0.6) is 0 Å². The molecule has 0 saturated carbocycles. The van der Waals surface area contributed by atoms with Crippen molar-refractivity contribution in [2.45, 2.75) is 24.5 Å². The highest BCUT2D eigenvalue weighted by Gasteiger charge is 2.43. The summed E-state index contributed by atoms with van der Waals surface area (Å²) in [5, 5.41) is 28.1. The molecule has 12 nitrogen and oxygen atoms in total. The van der Waals surface area contributed by atoms with E-state index in [2.05, 4.69) is 15.5 Å². The molecule has 1 aromatic rings. The molecule has 0 unspecified atom stereocenters. The van der Waals surface area contributed by atoms with Gasteiger partial charge in [-0.1, -0.05) is 0 Å². The van der Waals surface area contributed by atoms with E-state index in [0.29, 0.717) is 0 Å². The van der Waals surface area contributed by atoms with Crippen LogP contribution in [0.1, 0.15) is 6.23 Å². The number of hydrogen-bond donors (Lipinski definition) is 7. The molecule has 120 valence electrons. The number of anilines is 1. The van der Waals surface area contributed by atoms with E-state index in [1.54, 1.807) is 0 Å². The van der Waals surface area contributed by atoms with Crippen molar-refractivity contribution < 1.29 is 29.8 Å². The van der Waals surface area contributed by atoms with Gasteiger partial charge in [0.05, 0.1) is 6.61 Å². The van der Waals surface area contributed by atoms with E-state index in [0.717, 1.165) is 10.9 Å². The zero-order valence-electron chi connectivity index (χ0n) is 10.6. The molecule has 0 spiro atoms. The maximum Gasteiger partial charge on any atom is 0.354 e. The molecule has 1 aliphatic heterocycles. The van der Waals surface area contributed by atoms with Crippen LogP contribution >= 0.6 is 8.53 Å². The predicted octanol–water partition coefficient (Wildman–Crippen LogP) is -4.01. The first-order chi connectivity index (χ1) is 9.77. The molecule has 0 bridgehead atoms. The van der Waals surface area contributed by atoms with Gasteiger partial charge in [0, 0.05) is 0 Å². The largest absolute Gasteiger partial charge is 0.394 e. The molecule has 2 rings (SSSR count). The van der Waals surface area contributed by atoms with E-state index >= 15 is 0 Å². The zero-order chi connectivity index (χ0) is 16.2. The normalized spacial score (nSPS) is 28.3. The molecule has 0 aromatic carbocycles. The number of ether oxygens (including phenoxy) is 1. The summed E-state index contributed by atoms with van der Waals surface area (Å²) in [6.07, 6.45) is -3.67. The topological polar surface area (TPSA) is 210 Å². The molecule has 0 aliphatic carbocycles. The number of aliphatic hydroxyl groups excluding tert-OH is 3.